The van der Waals surface area contributed by atoms with Crippen molar-refractivity contribution >= 4 is 14.1 Å². The maximum Gasteiger partial charge on any atom is 0.416 e. The van der Waals surface area contributed by atoms with Crippen LogP contribution in [0.3, 0.4) is 0 Å². The van der Waals surface area contributed by atoms with Crippen LogP contribution in [-0.2, 0) is 11.5 Å². The summed E-state index contributed by atoms with van der Waals surface area (Å²) in [6.07, 6.45) is -4.21. The van der Waals surface area contributed by atoms with Gasteiger partial charge in [-0.1, -0.05) is 47.9 Å². The molecule has 0 bridgehead atoms. The van der Waals surface area contributed by atoms with Crippen LogP contribution in [-0.4, -0.2) is 14.1 Å². The quantitative estimate of drug-likeness (QED) is 0.692. The average Bonchev–Trinajstić information content (AvgIpc) is 2.25. The van der Waals surface area contributed by atoms with E-state index in [0.29, 0.717) is 10.8 Å². The maximum atomic E-state index is 12.7. The molecule has 0 heterocycles. The number of halogens is 3. The highest BCUT2D eigenvalue weighted by Gasteiger charge is 2.33. The molecular formula is C12H16AlF3. The van der Waals surface area contributed by atoms with Crippen LogP contribution < -0.4 is 0 Å². The highest BCUT2D eigenvalue weighted by molar-refractivity contribution is 6.58. The molecule has 0 saturated heterocycles. The first-order valence-electron chi connectivity index (χ1n) is 5.64. The van der Waals surface area contributed by atoms with E-state index in [-0.39, 0.29) is 0 Å². The smallest absolute Gasteiger partial charge is 0.166 e. The summed E-state index contributed by atoms with van der Waals surface area (Å²) in [5, 5.41) is 2.77. The monoisotopic (exact) mass is 244 g/mol. The van der Waals surface area contributed by atoms with Gasteiger partial charge >= 0.3 is 6.18 Å². The maximum absolute atomic E-state index is 12.7. The Balaban J connectivity index is 2.95. The van der Waals surface area contributed by atoms with E-state index < -0.39 is 25.9 Å². The molecule has 1 rings (SSSR count). The van der Waals surface area contributed by atoms with E-state index in [2.05, 4.69) is 13.8 Å². The minimum atomic E-state index is -4.21. The largest absolute Gasteiger partial charge is 0.416 e. The van der Waals surface area contributed by atoms with Gasteiger partial charge in [0.05, 0.1) is 5.56 Å². The van der Waals surface area contributed by atoms with E-state index in [1.165, 1.54) is 12.1 Å². The summed E-state index contributed by atoms with van der Waals surface area (Å²) in [5.41, 5.74) is 0.0322. The molecule has 0 radical (unpaired) electrons. The van der Waals surface area contributed by atoms with Crippen molar-refractivity contribution in [3.63, 3.8) is 0 Å². The Morgan fingerprint density at radius 1 is 1.06 bits per heavy atom. The lowest BCUT2D eigenvalue weighted by molar-refractivity contribution is -0.138. The Morgan fingerprint density at radius 2 is 1.62 bits per heavy atom. The van der Waals surface area contributed by atoms with Gasteiger partial charge in [-0.05, 0) is 11.6 Å². The van der Waals surface area contributed by atoms with Gasteiger partial charge in [-0.3, -0.25) is 0 Å². The molecule has 0 atom stereocenters. The fraction of sp³-hybridized carbons (Fsp3) is 0.500. The van der Waals surface area contributed by atoms with Crippen molar-refractivity contribution in [2.24, 2.45) is 0 Å². The Bertz CT molecular complexity index is 329. The lowest BCUT2D eigenvalue weighted by atomic mass is 10.1. The summed E-state index contributed by atoms with van der Waals surface area (Å²) in [6.45, 7) is 4.16. The second-order valence-electron chi connectivity index (χ2n) is 4.04. The van der Waals surface area contributed by atoms with Crippen LogP contribution in [0.1, 0.15) is 25.0 Å². The lowest BCUT2D eigenvalue weighted by Crippen LogP contribution is -2.17. The summed E-state index contributed by atoms with van der Waals surface area (Å²) < 4.78 is 38.2. The number of hydrogen-bond donors (Lipinski definition) is 0. The van der Waals surface area contributed by atoms with Gasteiger partial charge in [-0.2, -0.15) is 13.2 Å². The number of hydrogen-bond acceptors (Lipinski definition) is 0. The fourth-order valence-electron chi connectivity index (χ4n) is 1.86. The number of alkyl halides is 3. The van der Waals surface area contributed by atoms with Crippen molar-refractivity contribution in [3.05, 3.63) is 35.4 Å². The third-order valence-electron chi connectivity index (χ3n) is 2.99. The van der Waals surface area contributed by atoms with E-state index in [1.54, 1.807) is 12.1 Å². The molecular weight excluding hydrogens is 228 g/mol. The van der Waals surface area contributed by atoms with Crippen LogP contribution in [0.5, 0.6) is 0 Å². The van der Waals surface area contributed by atoms with Gasteiger partial charge in [0.2, 0.25) is 0 Å². The SMILES string of the molecule is C[CH2][Al]([CH2]C)[CH2]c1ccccc1C(F)(F)F. The van der Waals surface area contributed by atoms with Crippen LogP contribution in [0.15, 0.2) is 24.3 Å². The highest BCUT2D eigenvalue weighted by atomic mass is 27.2. The average molecular weight is 244 g/mol. The molecule has 16 heavy (non-hydrogen) atoms. The molecule has 0 saturated carbocycles. The van der Waals surface area contributed by atoms with Crippen LogP contribution in [0.25, 0.3) is 0 Å². The minimum absolute atomic E-state index is 0.450. The highest BCUT2D eigenvalue weighted by Crippen LogP contribution is 2.32. The van der Waals surface area contributed by atoms with Crippen molar-refractivity contribution in [1.29, 1.82) is 0 Å². The molecule has 0 aromatic heterocycles. The Morgan fingerprint density at radius 3 is 2.12 bits per heavy atom. The van der Waals surface area contributed by atoms with E-state index in [9.17, 15) is 13.2 Å². The van der Waals surface area contributed by atoms with Gasteiger partial charge in [0.25, 0.3) is 14.1 Å². The Hall–Kier alpha value is -0.458. The van der Waals surface area contributed by atoms with Gasteiger partial charge in [-0.25, -0.2) is 0 Å². The van der Waals surface area contributed by atoms with Crippen molar-refractivity contribution in [1.82, 2.24) is 0 Å². The number of benzene rings is 1. The van der Waals surface area contributed by atoms with Crippen LogP contribution in [0.4, 0.5) is 13.2 Å². The molecule has 0 aliphatic heterocycles. The second kappa shape index (κ2) is 5.75. The molecule has 1 aromatic carbocycles. The topological polar surface area (TPSA) is 0 Å². The van der Waals surface area contributed by atoms with Crippen LogP contribution >= 0.6 is 0 Å². The summed E-state index contributed by atoms with van der Waals surface area (Å²) in [5.74, 6) is 0. The standard InChI is InChI=1S/C8H6F3.2C2H5.Al/c1-6-4-2-3-5-7(6)8(9,10)11;2*1-2;/h2-5H,1H2;2*1H2,2H3;. The zero-order valence-electron chi connectivity index (χ0n) is 9.64. The summed E-state index contributed by atoms with van der Waals surface area (Å²) in [7, 11) is 0. The van der Waals surface area contributed by atoms with Gasteiger partial charge in [-0.15, -0.1) is 0 Å². The molecule has 88 valence electrons. The van der Waals surface area contributed by atoms with Crippen molar-refractivity contribution in [2.45, 2.75) is 35.9 Å². The Kier molecular flexibility index (Phi) is 4.89. The normalized spacial score (nSPS) is 11.6. The Labute approximate surface area is 98.9 Å². The third kappa shape index (κ3) is 3.54. The molecule has 4 heteroatoms. The zero-order valence-corrected chi connectivity index (χ0v) is 10.8. The van der Waals surface area contributed by atoms with Crippen molar-refractivity contribution in [2.75, 3.05) is 0 Å². The first-order valence-corrected chi connectivity index (χ1v) is 8.09. The van der Waals surface area contributed by atoms with Gasteiger partial charge in [0, 0.05) is 0 Å². The lowest BCUT2D eigenvalue weighted by Gasteiger charge is -2.14. The summed E-state index contributed by atoms with van der Waals surface area (Å²) >= 11 is -1.02. The molecule has 0 N–H and O–H groups in total. The molecule has 1 aromatic rings. The molecule has 0 spiro atoms. The van der Waals surface area contributed by atoms with Crippen molar-refractivity contribution in [3.8, 4) is 0 Å². The molecule has 0 fully saturated rings. The molecule has 0 unspecified atom stereocenters. The van der Waals surface area contributed by atoms with Gasteiger partial charge in [0.15, 0.2) is 0 Å². The minimum Gasteiger partial charge on any atom is -0.166 e. The molecule has 0 amide bonds. The summed E-state index contributed by atoms with van der Waals surface area (Å²) in [4.78, 5) is 0. The third-order valence-corrected chi connectivity index (χ3v) is 6.31. The molecule has 0 aliphatic carbocycles. The summed E-state index contributed by atoms with van der Waals surface area (Å²) in [6, 6.07) is 5.96. The number of rotatable bonds is 4. The first kappa shape index (κ1) is 13.6. The van der Waals surface area contributed by atoms with E-state index >= 15 is 0 Å². The van der Waals surface area contributed by atoms with E-state index in [4.69, 9.17) is 0 Å². The van der Waals surface area contributed by atoms with E-state index in [0.717, 1.165) is 10.6 Å². The zero-order chi connectivity index (χ0) is 12.2. The predicted octanol–water partition coefficient (Wildman–Crippen LogP) is 4.32. The molecule has 0 aliphatic rings. The van der Waals surface area contributed by atoms with Crippen LogP contribution in [0, 0.1) is 0 Å². The van der Waals surface area contributed by atoms with Gasteiger partial charge < -0.3 is 0 Å². The van der Waals surface area contributed by atoms with Crippen LogP contribution in [0.2, 0.25) is 10.6 Å². The van der Waals surface area contributed by atoms with E-state index in [1.807, 2.05) is 0 Å². The first-order chi connectivity index (χ1) is 7.49. The fourth-order valence-corrected chi connectivity index (χ4v) is 4.00. The second-order valence-corrected chi connectivity index (χ2v) is 7.81. The van der Waals surface area contributed by atoms with Crippen molar-refractivity contribution < 1.29 is 13.2 Å². The predicted molar refractivity (Wildman–Crippen MR) is 61.9 cm³/mol. The van der Waals surface area contributed by atoms with Gasteiger partial charge in [0.1, 0.15) is 0 Å². The molecule has 0 nitrogen and oxygen atoms in total.